The van der Waals surface area contributed by atoms with Crippen molar-refractivity contribution in [2.75, 3.05) is 42.3 Å². The Hall–Kier alpha value is -2.90. The normalized spacial score (nSPS) is 14.9. The fourth-order valence-electron chi connectivity index (χ4n) is 2.76. The number of hydrogen-bond donors (Lipinski definition) is 2. The van der Waals surface area contributed by atoms with Crippen LogP contribution >= 0.6 is 0 Å². The molecular formula is C17H23N7O. The first-order chi connectivity index (χ1) is 12.1. The van der Waals surface area contributed by atoms with Crippen LogP contribution in [0.1, 0.15) is 12.8 Å². The third-order valence-corrected chi connectivity index (χ3v) is 4.13. The molecule has 2 amide bonds. The quantitative estimate of drug-likeness (QED) is 0.881. The van der Waals surface area contributed by atoms with E-state index in [4.69, 9.17) is 0 Å². The van der Waals surface area contributed by atoms with Gasteiger partial charge < -0.3 is 20.4 Å². The van der Waals surface area contributed by atoms with Crippen LogP contribution in [0, 0.1) is 0 Å². The first-order valence-electron chi connectivity index (χ1n) is 8.34. The Morgan fingerprint density at radius 2 is 1.88 bits per heavy atom. The number of urea groups is 1. The number of amides is 2. The van der Waals surface area contributed by atoms with Gasteiger partial charge in [-0.15, -0.1) is 0 Å². The van der Waals surface area contributed by atoms with E-state index in [1.165, 1.54) is 0 Å². The van der Waals surface area contributed by atoms with Gasteiger partial charge in [0.1, 0.15) is 5.82 Å². The lowest BCUT2D eigenvalue weighted by Gasteiger charge is -2.32. The topological polar surface area (TPSA) is 86.3 Å². The van der Waals surface area contributed by atoms with Gasteiger partial charge >= 0.3 is 6.03 Å². The molecule has 0 saturated carbocycles. The van der Waals surface area contributed by atoms with Crippen LogP contribution < -0.4 is 20.4 Å². The highest BCUT2D eigenvalue weighted by Gasteiger charge is 2.22. The van der Waals surface area contributed by atoms with Crippen LogP contribution in [0.15, 0.2) is 36.8 Å². The molecule has 25 heavy (non-hydrogen) atoms. The zero-order valence-electron chi connectivity index (χ0n) is 14.5. The Kier molecular flexibility index (Phi) is 5.27. The van der Waals surface area contributed by atoms with Gasteiger partial charge in [-0.3, -0.25) is 0 Å². The maximum atomic E-state index is 12.2. The largest absolute Gasteiger partial charge is 0.363 e. The maximum Gasteiger partial charge on any atom is 0.319 e. The number of nitrogens with zero attached hydrogens (tertiary/aromatic N) is 5. The number of aromatic nitrogens is 3. The van der Waals surface area contributed by atoms with Crippen LogP contribution in [-0.2, 0) is 0 Å². The van der Waals surface area contributed by atoms with Crippen molar-refractivity contribution in [2.24, 2.45) is 0 Å². The van der Waals surface area contributed by atoms with Crippen molar-refractivity contribution in [2.45, 2.75) is 18.9 Å². The number of rotatable bonds is 4. The minimum Gasteiger partial charge on any atom is -0.363 e. The number of hydrogen-bond acceptors (Lipinski definition) is 6. The van der Waals surface area contributed by atoms with E-state index in [-0.39, 0.29) is 12.1 Å². The Labute approximate surface area is 147 Å². The van der Waals surface area contributed by atoms with Crippen LogP contribution in [0.3, 0.4) is 0 Å². The van der Waals surface area contributed by atoms with E-state index in [9.17, 15) is 4.79 Å². The SMILES string of the molecule is CN(C)c1ccc(NC(=O)NC2CCN(c3ncccn3)CC2)cn1. The highest BCUT2D eigenvalue weighted by Crippen LogP contribution is 2.16. The Morgan fingerprint density at radius 3 is 2.48 bits per heavy atom. The molecule has 0 radical (unpaired) electrons. The summed E-state index contributed by atoms with van der Waals surface area (Å²) in [5, 5.41) is 5.85. The molecule has 1 fully saturated rings. The number of pyridine rings is 1. The van der Waals surface area contributed by atoms with Crippen molar-refractivity contribution in [3.05, 3.63) is 36.8 Å². The van der Waals surface area contributed by atoms with Gasteiger partial charge in [0.05, 0.1) is 11.9 Å². The summed E-state index contributed by atoms with van der Waals surface area (Å²) in [4.78, 5) is 29.0. The average Bonchev–Trinajstić information content (AvgIpc) is 2.63. The van der Waals surface area contributed by atoms with Crippen molar-refractivity contribution >= 4 is 23.5 Å². The van der Waals surface area contributed by atoms with Crippen molar-refractivity contribution in [1.29, 1.82) is 0 Å². The summed E-state index contributed by atoms with van der Waals surface area (Å²) in [7, 11) is 3.85. The first-order valence-corrected chi connectivity index (χ1v) is 8.34. The summed E-state index contributed by atoms with van der Waals surface area (Å²) in [6.07, 6.45) is 6.88. The summed E-state index contributed by atoms with van der Waals surface area (Å²) in [6, 6.07) is 5.47. The second-order valence-electron chi connectivity index (χ2n) is 6.21. The fraction of sp³-hybridized carbons (Fsp3) is 0.412. The molecule has 2 N–H and O–H groups in total. The van der Waals surface area contributed by atoms with Gasteiger partial charge in [0.25, 0.3) is 0 Å². The van der Waals surface area contributed by atoms with Crippen molar-refractivity contribution in [3.8, 4) is 0 Å². The minimum atomic E-state index is -0.200. The van der Waals surface area contributed by atoms with Crippen LogP contribution in [0.4, 0.5) is 22.2 Å². The summed E-state index contributed by atoms with van der Waals surface area (Å²) >= 11 is 0. The lowest BCUT2D eigenvalue weighted by Crippen LogP contribution is -2.46. The molecule has 132 valence electrons. The number of carbonyl (C=O) groups is 1. The molecule has 0 bridgehead atoms. The molecule has 0 spiro atoms. The summed E-state index contributed by atoms with van der Waals surface area (Å²) in [5.41, 5.74) is 0.679. The molecule has 8 heteroatoms. The fourth-order valence-corrected chi connectivity index (χ4v) is 2.76. The zero-order valence-corrected chi connectivity index (χ0v) is 14.5. The first kappa shape index (κ1) is 16.9. The molecule has 1 aliphatic heterocycles. The van der Waals surface area contributed by atoms with Crippen molar-refractivity contribution in [3.63, 3.8) is 0 Å². The van der Waals surface area contributed by atoms with Gasteiger partial charge in [0.2, 0.25) is 5.95 Å². The molecule has 0 aliphatic carbocycles. The second kappa shape index (κ2) is 7.78. The molecule has 3 rings (SSSR count). The molecule has 2 aromatic rings. The van der Waals surface area contributed by atoms with Gasteiger partial charge in [-0.05, 0) is 31.0 Å². The van der Waals surface area contributed by atoms with Gasteiger partial charge in [-0.2, -0.15) is 0 Å². The molecule has 0 unspecified atom stereocenters. The van der Waals surface area contributed by atoms with Gasteiger partial charge in [-0.1, -0.05) is 0 Å². The maximum absolute atomic E-state index is 12.2. The van der Waals surface area contributed by atoms with E-state index in [1.807, 2.05) is 37.2 Å². The average molecular weight is 341 g/mol. The number of piperidine rings is 1. The van der Waals surface area contributed by atoms with E-state index >= 15 is 0 Å². The minimum absolute atomic E-state index is 0.147. The van der Waals surface area contributed by atoms with E-state index in [2.05, 4.69) is 30.5 Å². The highest BCUT2D eigenvalue weighted by molar-refractivity contribution is 5.89. The predicted octanol–water partition coefficient (Wildman–Crippen LogP) is 1.73. The third kappa shape index (κ3) is 4.56. The third-order valence-electron chi connectivity index (χ3n) is 4.13. The van der Waals surface area contributed by atoms with Gasteiger partial charge in [0.15, 0.2) is 0 Å². The Morgan fingerprint density at radius 1 is 1.16 bits per heavy atom. The predicted molar refractivity (Wildman–Crippen MR) is 98.0 cm³/mol. The Bertz CT molecular complexity index is 682. The highest BCUT2D eigenvalue weighted by atomic mass is 16.2. The van der Waals surface area contributed by atoms with Gasteiger partial charge in [-0.25, -0.2) is 19.7 Å². The Balaban J connectivity index is 1.46. The molecule has 2 aromatic heterocycles. The molecule has 1 saturated heterocycles. The second-order valence-corrected chi connectivity index (χ2v) is 6.21. The number of nitrogens with one attached hydrogen (secondary N) is 2. The molecule has 0 atom stereocenters. The molecule has 3 heterocycles. The lowest BCUT2D eigenvalue weighted by molar-refractivity contribution is 0.246. The van der Waals surface area contributed by atoms with Gasteiger partial charge in [0, 0.05) is 45.6 Å². The van der Waals surface area contributed by atoms with Crippen LogP contribution in [0.5, 0.6) is 0 Å². The molecule has 8 nitrogen and oxygen atoms in total. The van der Waals surface area contributed by atoms with Crippen molar-refractivity contribution < 1.29 is 4.79 Å². The smallest absolute Gasteiger partial charge is 0.319 e. The van der Waals surface area contributed by atoms with Crippen LogP contribution in [-0.4, -0.2) is 54.2 Å². The van der Waals surface area contributed by atoms with E-state index < -0.39 is 0 Å². The lowest BCUT2D eigenvalue weighted by atomic mass is 10.1. The van der Waals surface area contributed by atoms with E-state index in [0.29, 0.717) is 5.69 Å². The standard InChI is InChI=1S/C17H23N7O/c1-23(2)15-5-4-14(12-20-15)22-17(25)21-13-6-10-24(11-7-13)16-18-8-3-9-19-16/h3-5,8-9,12-13H,6-7,10-11H2,1-2H3,(H2,21,22,25). The summed E-state index contributed by atoms with van der Waals surface area (Å²) in [5.74, 6) is 1.60. The number of anilines is 3. The number of carbonyl (C=O) groups excluding carboxylic acids is 1. The van der Waals surface area contributed by atoms with Crippen LogP contribution in [0.2, 0.25) is 0 Å². The molecule has 1 aliphatic rings. The van der Waals surface area contributed by atoms with Crippen molar-refractivity contribution in [1.82, 2.24) is 20.3 Å². The monoisotopic (exact) mass is 341 g/mol. The molecule has 0 aromatic carbocycles. The zero-order chi connectivity index (χ0) is 17.6. The van der Waals surface area contributed by atoms with Crippen LogP contribution in [0.25, 0.3) is 0 Å². The van der Waals surface area contributed by atoms with E-state index in [1.54, 1.807) is 18.6 Å². The van der Waals surface area contributed by atoms with E-state index in [0.717, 1.165) is 37.7 Å². The summed E-state index contributed by atoms with van der Waals surface area (Å²) in [6.45, 7) is 1.65. The molecular weight excluding hydrogens is 318 g/mol. The summed E-state index contributed by atoms with van der Waals surface area (Å²) < 4.78 is 0.